The molecule has 107 heavy (non-hydrogen) atoms. The molecule has 2 saturated heterocycles. The number of nitrogens with one attached hydrogen (secondary N) is 12. The van der Waals surface area contributed by atoms with Gasteiger partial charge in [0.2, 0.25) is 70.9 Å². The van der Waals surface area contributed by atoms with Gasteiger partial charge in [0.15, 0.2) is 0 Å². The Labute approximate surface area is 631 Å². The van der Waals surface area contributed by atoms with E-state index in [-0.39, 0.29) is 69.1 Å². The van der Waals surface area contributed by atoms with Crippen molar-refractivity contribution in [2.24, 2.45) is 53.1 Å². The Bertz CT molecular complexity index is 3230. The van der Waals surface area contributed by atoms with Crippen LogP contribution in [-0.4, -0.2) is 198 Å². The Morgan fingerprint density at radius 1 is 0.626 bits per heavy atom. The number of aliphatic hydroxyl groups is 1. The molecule has 0 aliphatic carbocycles. The molecule has 0 bridgehead atoms. The lowest BCUT2D eigenvalue weighted by molar-refractivity contribution is -0.157. The number of nitrogens with two attached hydrogens (primary N) is 1. The molecular weight excluding hydrogens is 1380 g/mol. The highest BCUT2D eigenvalue weighted by atomic mass is 16.5. The molecule has 1 aromatic carbocycles. The molecule has 2 aliphatic rings. The summed E-state index contributed by atoms with van der Waals surface area (Å²) in [5.74, 6) is -14.8. The van der Waals surface area contributed by atoms with Crippen molar-refractivity contribution >= 4 is 82.8 Å². The Morgan fingerprint density at radius 2 is 1.17 bits per heavy atom. The average molecular weight is 1510 g/mol. The summed E-state index contributed by atoms with van der Waals surface area (Å²) in [4.78, 5) is 203. The number of benzene rings is 1. The number of esters is 1. The van der Waals surface area contributed by atoms with E-state index in [0.29, 0.717) is 30.6 Å². The SMILES string of the molecule is C/C=C1\NC(=O)[C@H](Cc2ccc(OC)cc2)NC(=O)[C@@H](C(C)C)NC(=O)[C@@H]([C@H](C)CC)NC(=O)[C@H](NC(=O)[C@H](NC(=O)[C@H](CCCN)NC(=O)[C@H]2CCCN2C(=O)[C@H](NC(=O)[C@@H](NC(=O)[C@@H](NC(=O)[C@H](NC(=O)CC[C@@H](C)CC)C(C)C)[C@@H](C)O)C(C)C)C(C)C)[C@H](C)CC)[C@H](C)OC(=O)[C@H](C(C)C)NC1=O. The monoisotopic (exact) mass is 1510 g/mol. The average Bonchev–Trinajstić information content (AvgIpc) is 1.76. The van der Waals surface area contributed by atoms with Crippen LogP contribution in [0.3, 0.4) is 0 Å². The number of carbonyl (C=O) groups is 14. The van der Waals surface area contributed by atoms with E-state index in [9.17, 15) is 62.6 Å². The number of nitrogens with zero attached hydrogens (tertiary/aromatic N) is 1. The zero-order valence-electron chi connectivity index (χ0n) is 66.6. The number of carbonyl (C=O) groups excluding carboxylic acids is 14. The van der Waals surface area contributed by atoms with Gasteiger partial charge in [-0.25, -0.2) is 4.79 Å². The first kappa shape index (κ1) is 92.5. The lowest BCUT2D eigenvalue weighted by atomic mass is 9.95. The maximum atomic E-state index is 15.1. The van der Waals surface area contributed by atoms with Crippen LogP contribution in [0.15, 0.2) is 36.0 Å². The zero-order chi connectivity index (χ0) is 81.0. The first-order chi connectivity index (χ1) is 50.2. The number of cyclic esters (lactones) is 1. The fourth-order valence-electron chi connectivity index (χ4n) is 12.2. The van der Waals surface area contributed by atoms with E-state index in [1.807, 2.05) is 13.8 Å². The van der Waals surface area contributed by atoms with Gasteiger partial charge in [-0.15, -0.1) is 0 Å². The van der Waals surface area contributed by atoms with Crippen molar-refractivity contribution in [1.82, 2.24) is 68.7 Å². The highest BCUT2D eigenvalue weighted by Gasteiger charge is 2.45. The van der Waals surface area contributed by atoms with E-state index in [0.717, 1.165) is 6.42 Å². The first-order valence-electron chi connectivity index (χ1n) is 38.0. The minimum atomic E-state index is -1.84. The number of hydrogen-bond donors (Lipinski definition) is 14. The number of allylic oxidation sites excluding steroid dienone is 1. The van der Waals surface area contributed by atoms with E-state index in [1.165, 1.54) is 38.9 Å². The summed E-state index contributed by atoms with van der Waals surface area (Å²) in [6.07, 6.45) is 0.977. The Hall–Kier alpha value is -8.74. The van der Waals surface area contributed by atoms with E-state index in [2.05, 4.69) is 63.8 Å². The van der Waals surface area contributed by atoms with Gasteiger partial charge in [-0.1, -0.05) is 148 Å². The van der Waals surface area contributed by atoms with Gasteiger partial charge < -0.3 is 89.0 Å². The predicted octanol–water partition coefficient (Wildman–Crippen LogP) is 1.84. The van der Waals surface area contributed by atoms with E-state index in [4.69, 9.17) is 15.2 Å². The van der Waals surface area contributed by atoms with Gasteiger partial charge in [-0.05, 0) is 124 Å². The predicted molar refractivity (Wildman–Crippen MR) is 402 cm³/mol. The summed E-state index contributed by atoms with van der Waals surface area (Å²) >= 11 is 0. The molecule has 15 N–H and O–H groups in total. The van der Waals surface area contributed by atoms with Crippen LogP contribution in [0.5, 0.6) is 5.75 Å². The summed E-state index contributed by atoms with van der Waals surface area (Å²) in [5, 5.41) is 43.2. The Balaban J connectivity index is 2.01. The van der Waals surface area contributed by atoms with E-state index in [1.54, 1.807) is 121 Å². The first-order valence-corrected chi connectivity index (χ1v) is 38.0. The number of methoxy groups -OCH3 is 1. The third-order valence-electron chi connectivity index (χ3n) is 20.0. The molecule has 602 valence electrons. The molecular formula is C76H126N14O17. The van der Waals surface area contributed by atoms with Crippen LogP contribution in [0.1, 0.15) is 195 Å². The van der Waals surface area contributed by atoms with Gasteiger partial charge in [-0.2, -0.15) is 0 Å². The van der Waals surface area contributed by atoms with E-state index < -0.39 is 203 Å². The van der Waals surface area contributed by atoms with Crippen molar-refractivity contribution in [2.45, 2.75) is 280 Å². The maximum absolute atomic E-state index is 15.1. The third kappa shape index (κ3) is 27.8. The Kier molecular flexibility index (Phi) is 38.5. The molecule has 31 heteroatoms. The highest BCUT2D eigenvalue weighted by Crippen LogP contribution is 2.24. The smallest absolute Gasteiger partial charge is 0.329 e. The number of ether oxygens (including phenoxy) is 2. The van der Waals surface area contributed by atoms with Gasteiger partial charge in [-0.3, -0.25) is 62.3 Å². The molecule has 2 heterocycles. The van der Waals surface area contributed by atoms with Crippen molar-refractivity contribution < 1.29 is 81.7 Å². The second-order valence-corrected chi connectivity index (χ2v) is 30.3. The van der Waals surface area contributed by atoms with Crippen LogP contribution in [0.4, 0.5) is 0 Å². The lowest BCUT2D eigenvalue weighted by Gasteiger charge is -2.33. The molecule has 3 rings (SSSR count). The third-order valence-corrected chi connectivity index (χ3v) is 20.0. The van der Waals surface area contributed by atoms with Gasteiger partial charge in [0.05, 0.1) is 13.2 Å². The molecule has 2 aliphatic heterocycles. The second kappa shape index (κ2) is 44.5. The zero-order valence-corrected chi connectivity index (χ0v) is 66.6. The quantitative estimate of drug-likeness (QED) is 0.0346. The number of hydrogen-bond acceptors (Lipinski definition) is 18. The standard InChI is InChI=1S/C76H126N14O17/c1-21-43(15)29-34-54(92)81-55(38(5)6)69(98)88-62(46(18)91)73(102)83-57(40(9)10)70(99)84-58(41(11)12)75(104)90-36-26-28-53(90)67(96)79-51(27-25-35-77)65(94)86-60(44(16)22-2)72(101)89-63-47(19)107-76(105)59(42(13)14)85-64(93)50(24-4)78-66(95)52(37-48-30-32-49(106-20)33-31-48)80-68(97)56(39(7)8)82-71(100)61(45(17)23-3)87-74(63)103/h24,30-33,38-47,51-53,55-63,91H,21-23,25-29,34-37,77H2,1-20H3,(H,78,95)(H,79,96)(H,80,97)(H,81,92)(H,82,100)(H,83,102)(H,84,99)(H,85,93)(H,86,94)(H,87,103)(H,88,98)(H,89,101)/b50-24-/t43-,44+,45+,46+,47-,51-,52-,53+,55+,56+,57-,58+,59-,60+,61+,62-,63+/m0/s1. The summed E-state index contributed by atoms with van der Waals surface area (Å²) in [6.45, 7) is 31.6. The molecule has 31 nitrogen and oxygen atoms in total. The fourth-order valence-corrected chi connectivity index (χ4v) is 12.2. The summed E-state index contributed by atoms with van der Waals surface area (Å²) in [6, 6.07) is -9.86. The minimum absolute atomic E-state index is 0.0558. The summed E-state index contributed by atoms with van der Waals surface area (Å²) in [5.41, 5.74) is 6.26. The number of amides is 13. The maximum Gasteiger partial charge on any atom is 0.329 e. The molecule has 0 spiro atoms. The van der Waals surface area contributed by atoms with Crippen LogP contribution in [-0.2, 0) is 78.3 Å². The van der Waals surface area contributed by atoms with Crippen molar-refractivity contribution in [3.8, 4) is 5.75 Å². The number of rotatable bonds is 34. The lowest BCUT2D eigenvalue weighted by Crippen LogP contribution is -2.64. The Morgan fingerprint density at radius 3 is 1.69 bits per heavy atom. The van der Waals surface area contributed by atoms with Crippen molar-refractivity contribution in [3.05, 3.63) is 41.6 Å². The van der Waals surface area contributed by atoms with Gasteiger partial charge in [0.25, 0.3) is 5.91 Å². The van der Waals surface area contributed by atoms with Crippen molar-refractivity contribution in [2.75, 3.05) is 20.2 Å². The van der Waals surface area contributed by atoms with Crippen LogP contribution in [0.25, 0.3) is 0 Å². The highest BCUT2D eigenvalue weighted by molar-refractivity contribution is 6.03. The summed E-state index contributed by atoms with van der Waals surface area (Å²) in [7, 11) is 1.49. The van der Waals surface area contributed by atoms with Crippen molar-refractivity contribution in [1.29, 1.82) is 0 Å². The minimum Gasteiger partial charge on any atom is -0.497 e. The molecule has 1 aromatic rings. The molecule has 2 fully saturated rings. The second-order valence-electron chi connectivity index (χ2n) is 30.3. The summed E-state index contributed by atoms with van der Waals surface area (Å²) < 4.78 is 11.3. The normalized spacial score (nSPS) is 22.6. The molecule has 0 radical (unpaired) electrons. The fraction of sp³-hybridized carbons (Fsp3) is 0.711. The van der Waals surface area contributed by atoms with Gasteiger partial charge in [0, 0.05) is 19.4 Å². The van der Waals surface area contributed by atoms with Gasteiger partial charge >= 0.3 is 5.97 Å². The number of likely N-dealkylation sites (tertiary alicyclic amines) is 1. The van der Waals surface area contributed by atoms with Crippen molar-refractivity contribution in [3.63, 3.8) is 0 Å². The van der Waals surface area contributed by atoms with Crippen LogP contribution < -0.4 is 74.3 Å². The number of aliphatic hydroxyl groups excluding tert-OH is 1. The molecule has 0 aromatic heterocycles. The topological polar surface area (TPSA) is 451 Å². The van der Waals surface area contributed by atoms with Gasteiger partial charge in [0.1, 0.15) is 90.1 Å². The largest absolute Gasteiger partial charge is 0.497 e. The van der Waals surface area contributed by atoms with Crippen LogP contribution in [0, 0.1) is 47.3 Å². The molecule has 17 atom stereocenters. The van der Waals surface area contributed by atoms with Crippen LogP contribution in [0.2, 0.25) is 0 Å². The molecule has 13 amide bonds. The molecule has 0 unspecified atom stereocenters. The van der Waals surface area contributed by atoms with E-state index >= 15 is 9.59 Å². The van der Waals surface area contributed by atoms with Crippen LogP contribution >= 0.6 is 0 Å². The molecule has 0 saturated carbocycles.